The molecule has 2 unspecified atom stereocenters. The summed E-state index contributed by atoms with van der Waals surface area (Å²) in [6, 6.07) is 44.3. The van der Waals surface area contributed by atoms with Gasteiger partial charge in [0.25, 0.3) is 0 Å². The molecule has 0 aromatic heterocycles. The fourth-order valence-corrected chi connectivity index (χ4v) is 12.8. The van der Waals surface area contributed by atoms with E-state index >= 15 is 0 Å². The summed E-state index contributed by atoms with van der Waals surface area (Å²) in [6.45, 7) is 0. The van der Waals surface area contributed by atoms with Gasteiger partial charge in [-0.05, 0) is 48.5 Å². The van der Waals surface area contributed by atoms with Crippen LogP contribution in [0, 0.1) is 0 Å². The Balaban J connectivity index is 1.70. The van der Waals surface area contributed by atoms with E-state index in [0.29, 0.717) is 4.71 Å². The molecule has 5 rings (SSSR count). The van der Waals surface area contributed by atoms with E-state index < -0.39 is 10.2 Å². The van der Waals surface area contributed by atoms with Crippen LogP contribution in [0.1, 0.15) is 0 Å². The molecule has 0 aliphatic carbocycles. The number of hydrogen-bond acceptors (Lipinski definition) is 1. The van der Waals surface area contributed by atoms with Crippen LogP contribution in [-0.4, -0.2) is 16.1 Å². The Kier molecular flexibility index (Phi) is 4.96. The highest BCUT2D eigenvalue weighted by Gasteiger charge is 2.69. The van der Waals surface area contributed by atoms with Gasteiger partial charge in [-0.1, -0.05) is 83.0 Å². The van der Waals surface area contributed by atoms with E-state index in [1.807, 2.05) is 0 Å². The summed E-state index contributed by atoms with van der Waals surface area (Å²) in [5.41, 5.74) is 0. The number of benzene rings is 4. The molecule has 0 spiro atoms. The fraction of sp³-hybridized carbons (Fsp3) is 0.0769. The van der Waals surface area contributed by atoms with Crippen molar-refractivity contribution in [3.8, 4) is 0 Å². The number of nitrogens with zero attached hydrogens (tertiary/aromatic N) is 1. The first-order valence-corrected chi connectivity index (χ1v) is 12.8. The monoisotopic (exact) mass is 414 g/mol. The number of rotatable bonds is 5. The first-order valence-electron chi connectivity index (χ1n) is 9.82. The largest absolute Gasteiger partial charge is 0.241 e. The molecular formula is C26H24NS2+. The van der Waals surface area contributed by atoms with Gasteiger partial charge in [0.2, 0.25) is 4.71 Å². The van der Waals surface area contributed by atoms with Crippen LogP contribution in [0.5, 0.6) is 0 Å². The van der Waals surface area contributed by atoms with E-state index in [1.165, 1.54) is 19.6 Å². The Morgan fingerprint density at radius 2 is 0.897 bits per heavy atom. The lowest BCUT2D eigenvalue weighted by Crippen LogP contribution is -2.14. The van der Waals surface area contributed by atoms with Gasteiger partial charge in [-0.25, -0.2) is 4.31 Å². The third-order valence-corrected chi connectivity index (χ3v) is 13.0. The molecule has 144 valence electrons. The molecule has 1 nitrogen and oxygen atoms in total. The standard InChI is InChI=1S/C26H24NS2/c1-27-26(28(22-14-6-2-7-15-22)23-16-8-3-9-17-23)29(27,24-18-10-4-11-19-24)25-20-12-5-13-21-25/h2-21,26H,1H3/q+1. The second-order valence-corrected chi connectivity index (χ2v) is 12.6. The molecule has 3 heteroatoms. The average molecular weight is 415 g/mol. The molecule has 0 saturated carbocycles. The molecular weight excluding hydrogens is 390 g/mol. The highest BCUT2D eigenvalue weighted by molar-refractivity contribution is 8.44. The zero-order valence-corrected chi connectivity index (χ0v) is 18.0. The first kappa shape index (κ1) is 18.6. The van der Waals surface area contributed by atoms with Crippen molar-refractivity contribution in [1.29, 1.82) is 0 Å². The fourth-order valence-electron chi connectivity index (χ4n) is 4.05. The average Bonchev–Trinajstić information content (AvgIpc) is 3.42. The van der Waals surface area contributed by atoms with Gasteiger partial charge in [0.1, 0.15) is 0 Å². The van der Waals surface area contributed by atoms with Gasteiger partial charge in [0, 0.05) is 16.8 Å². The van der Waals surface area contributed by atoms with E-state index in [9.17, 15) is 0 Å². The van der Waals surface area contributed by atoms with E-state index in [-0.39, 0.29) is 10.9 Å². The Hall–Kier alpha value is -2.46. The molecule has 2 atom stereocenters. The topological polar surface area (TPSA) is 3.01 Å². The maximum atomic E-state index is 2.64. The van der Waals surface area contributed by atoms with Crippen LogP contribution in [-0.2, 0) is 10.9 Å². The summed E-state index contributed by atoms with van der Waals surface area (Å²) in [4.78, 5) is 5.72. The van der Waals surface area contributed by atoms with E-state index in [4.69, 9.17) is 0 Å². The van der Waals surface area contributed by atoms with Crippen LogP contribution in [0.2, 0.25) is 0 Å². The first-order chi connectivity index (χ1) is 14.3. The Bertz CT molecular complexity index is 990. The molecule has 0 radical (unpaired) electrons. The lowest BCUT2D eigenvalue weighted by atomic mass is 10.4. The van der Waals surface area contributed by atoms with Gasteiger partial charge >= 0.3 is 0 Å². The Labute approximate surface area is 177 Å². The highest BCUT2D eigenvalue weighted by Crippen LogP contribution is 2.83. The third-order valence-electron chi connectivity index (χ3n) is 5.40. The van der Waals surface area contributed by atoms with Gasteiger partial charge < -0.3 is 0 Å². The van der Waals surface area contributed by atoms with E-state index in [0.717, 1.165) is 0 Å². The van der Waals surface area contributed by atoms with Crippen molar-refractivity contribution in [2.75, 3.05) is 7.05 Å². The van der Waals surface area contributed by atoms with Crippen molar-refractivity contribution in [2.45, 2.75) is 24.3 Å². The van der Waals surface area contributed by atoms with E-state index in [2.05, 4.69) is 133 Å². The minimum Gasteiger partial charge on any atom is -0.201 e. The Morgan fingerprint density at radius 1 is 0.552 bits per heavy atom. The van der Waals surface area contributed by atoms with Crippen molar-refractivity contribution in [2.24, 2.45) is 0 Å². The van der Waals surface area contributed by atoms with Crippen LogP contribution in [0.25, 0.3) is 0 Å². The van der Waals surface area contributed by atoms with Gasteiger partial charge in [0.05, 0.1) is 10.9 Å². The molecule has 0 N–H and O–H groups in total. The van der Waals surface area contributed by atoms with Crippen molar-refractivity contribution in [1.82, 2.24) is 4.31 Å². The molecule has 1 heterocycles. The van der Waals surface area contributed by atoms with Gasteiger partial charge in [-0.2, -0.15) is 0 Å². The third kappa shape index (κ3) is 3.10. The van der Waals surface area contributed by atoms with Crippen LogP contribution in [0.4, 0.5) is 0 Å². The summed E-state index contributed by atoms with van der Waals surface area (Å²) >= 11 is 0. The maximum absolute atomic E-state index is 2.64. The molecule has 1 aliphatic rings. The lowest BCUT2D eigenvalue weighted by Gasteiger charge is -2.22. The van der Waals surface area contributed by atoms with Crippen LogP contribution in [0.15, 0.2) is 141 Å². The molecule has 0 bridgehead atoms. The zero-order valence-electron chi connectivity index (χ0n) is 16.4. The van der Waals surface area contributed by atoms with Gasteiger partial charge in [0.15, 0.2) is 9.79 Å². The van der Waals surface area contributed by atoms with Crippen molar-refractivity contribution in [3.63, 3.8) is 0 Å². The Morgan fingerprint density at radius 3 is 1.28 bits per heavy atom. The molecule has 1 fully saturated rings. The van der Waals surface area contributed by atoms with Gasteiger partial charge in [-0.15, -0.1) is 0 Å². The zero-order chi connectivity index (χ0) is 19.7. The second kappa shape index (κ2) is 7.75. The van der Waals surface area contributed by atoms with Gasteiger partial charge in [-0.3, -0.25) is 0 Å². The predicted molar refractivity (Wildman–Crippen MR) is 125 cm³/mol. The van der Waals surface area contributed by atoms with Crippen LogP contribution >= 0.6 is 10.2 Å². The summed E-state index contributed by atoms with van der Waals surface area (Å²) in [6.07, 6.45) is 0. The summed E-state index contributed by atoms with van der Waals surface area (Å²) in [5.74, 6) is 0. The summed E-state index contributed by atoms with van der Waals surface area (Å²) < 4.78 is 3.10. The summed E-state index contributed by atoms with van der Waals surface area (Å²) in [5, 5.41) is 0. The molecule has 4 aromatic rings. The highest BCUT2D eigenvalue weighted by atomic mass is 32.3. The molecule has 4 aromatic carbocycles. The van der Waals surface area contributed by atoms with Crippen molar-refractivity contribution >= 4 is 21.1 Å². The minimum absolute atomic E-state index is 0.0294. The predicted octanol–water partition coefficient (Wildman–Crippen LogP) is 6.79. The SMILES string of the molecule is CN1C([S+](c2ccccc2)c2ccccc2)S1(c1ccccc1)c1ccccc1. The minimum atomic E-state index is -1.26. The quantitative estimate of drug-likeness (QED) is 0.257. The van der Waals surface area contributed by atoms with Crippen molar-refractivity contribution < 1.29 is 0 Å². The van der Waals surface area contributed by atoms with Crippen molar-refractivity contribution in [3.05, 3.63) is 121 Å². The molecule has 1 saturated heterocycles. The van der Waals surface area contributed by atoms with E-state index in [1.54, 1.807) is 0 Å². The van der Waals surface area contributed by atoms with Crippen LogP contribution < -0.4 is 0 Å². The molecule has 29 heavy (non-hydrogen) atoms. The normalized spacial score (nSPS) is 20.9. The second-order valence-electron chi connectivity index (χ2n) is 7.07. The molecule has 1 aliphatic heterocycles. The molecule has 0 amide bonds. The number of hydrogen-bond donors (Lipinski definition) is 0. The van der Waals surface area contributed by atoms with Crippen LogP contribution in [0.3, 0.4) is 0 Å². The smallest absolute Gasteiger partial charge is 0.201 e. The maximum Gasteiger partial charge on any atom is 0.241 e. The lowest BCUT2D eigenvalue weighted by molar-refractivity contribution is 0.744. The summed E-state index contributed by atoms with van der Waals surface area (Å²) in [7, 11) is 1.02.